The molecule has 0 bridgehead atoms. The summed E-state index contributed by atoms with van der Waals surface area (Å²) in [5, 5.41) is 19.3. The quantitative estimate of drug-likeness (QED) is 0.588. The minimum absolute atomic E-state index is 0.237. The second-order valence-corrected chi connectivity index (χ2v) is 7.75. The SMILES string of the molecule is Cc1cccc(NC(=O)C(=O)NCc2ccc(C(O)c3ccsc3)s2)c1. The van der Waals surface area contributed by atoms with Gasteiger partial charge in [0, 0.05) is 15.4 Å². The molecule has 0 spiro atoms. The molecule has 2 heterocycles. The van der Waals surface area contributed by atoms with Crippen LogP contribution in [0.2, 0.25) is 0 Å². The van der Waals surface area contributed by atoms with Crippen molar-refractivity contribution in [3.05, 3.63) is 74.1 Å². The van der Waals surface area contributed by atoms with Gasteiger partial charge in [-0.3, -0.25) is 9.59 Å². The van der Waals surface area contributed by atoms with Gasteiger partial charge in [-0.15, -0.1) is 11.3 Å². The maximum atomic E-state index is 12.0. The van der Waals surface area contributed by atoms with Crippen LogP contribution < -0.4 is 10.6 Å². The molecule has 0 aliphatic rings. The molecule has 0 saturated carbocycles. The van der Waals surface area contributed by atoms with E-state index in [0.29, 0.717) is 5.69 Å². The molecule has 0 radical (unpaired) electrons. The Labute approximate surface area is 159 Å². The van der Waals surface area contributed by atoms with E-state index in [-0.39, 0.29) is 6.54 Å². The van der Waals surface area contributed by atoms with Crippen molar-refractivity contribution in [2.24, 2.45) is 0 Å². The summed E-state index contributed by atoms with van der Waals surface area (Å²) in [6.07, 6.45) is -0.666. The Morgan fingerprint density at radius 1 is 1.15 bits per heavy atom. The van der Waals surface area contributed by atoms with E-state index in [1.165, 1.54) is 22.7 Å². The third-order valence-electron chi connectivity index (χ3n) is 3.72. The molecule has 3 N–H and O–H groups in total. The number of amides is 2. The lowest BCUT2D eigenvalue weighted by molar-refractivity contribution is -0.136. The zero-order valence-corrected chi connectivity index (χ0v) is 15.7. The number of nitrogens with one attached hydrogen (secondary N) is 2. The van der Waals surface area contributed by atoms with E-state index >= 15 is 0 Å². The molecule has 5 nitrogen and oxygen atoms in total. The molecule has 134 valence electrons. The van der Waals surface area contributed by atoms with E-state index in [4.69, 9.17) is 0 Å². The second kappa shape index (κ2) is 8.27. The van der Waals surface area contributed by atoms with Gasteiger partial charge in [0.25, 0.3) is 0 Å². The first kappa shape index (κ1) is 18.3. The average molecular weight is 386 g/mol. The van der Waals surface area contributed by atoms with Gasteiger partial charge in [-0.1, -0.05) is 12.1 Å². The van der Waals surface area contributed by atoms with Crippen LogP contribution in [0.5, 0.6) is 0 Å². The van der Waals surface area contributed by atoms with E-state index < -0.39 is 17.9 Å². The van der Waals surface area contributed by atoms with E-state index in [9.17, 15) is 14.7 Å². The Hall–Kier alpha value is -2.48. The van der Waals surface area contributed by atoms with Crippen LogP contribution >= 0.6 is 22.7 Å². The molecule has 0 fully saturated rings. The van der Waals surface area contributed by atoms with Crippen LogP contribution in [0.1, 0.15) is 27.0 Å². The van der Waals surface area contributed by atoms with E-state index in [1.807, 2.05) is 48.0 Å². The van der Waals surface area contributed by atoms with Crippen LogP contribution in [0.15, 0.2) is 53.2 Å². The number of aliphatic hydroxyl groups excluding tert-OH is 1. The molecule has 3 aromatic rings. The number of benzene rings is 1. The first-order valence-electron chi connectivity index (χ1n) is 7.97. The molecule has 26 heavy (non-hydrogen) atoms. The molecule has 2 amide bonds. The summed E-state index contributed by atoms with van der Waals surface area (Å²) in [5.41, 5.74) is 2.44. The van der Waals surface area contributed by atoms with Crippen molar-refractivity contribution in [2.75, 3.05) is 5.32 Å². The number of carbonyl (C=O) groups is 2. The summed E-state index contributed by atoms with van der Waals surface area (Å²) in [7, 11) is 0. The van der Waals surface area contributed by atoms with Crippen molar-refractivity contribution in [1.82, 2.24) is 5.32 Å². The molecular weight excluding hydrogens is 368 g/mol. The van der Waals surface area contributed by atoms with Crippen LogP contribution in [0.25, 0.3) is 0 Å². The summed E-state index contributed by atoms with van der Waals surface area (Å²) < 4.78 is 0. The summed E-state index contributed by atoms with van der Waals surface area (Å²) >= 11 is 2.94. The molecular formula is C19H18N2O3S2. The maximum Gasteiger partial charge on any atom is 0.313 e. The normalized spacial score (nSPS) is 11.8. The van der Waals surface area contributed by atoms with Crippen LogP contribution in [-0.2, 0) is 16.1 Å². The Kier molecular flexibility index (Phi) is 5.82. The fraction of sp³-hybridized carbons (Fsp3) is 0.158. The number of aryl methyl sites for hydroxylation is 1. The third kappa shape index (κ3) is 4.57. The highest BCUT2D eigenvalue weighted by molar-refractivity contribution is 7.12. The predicted molar refractivity (Wildman–Crippen MR) is 104 cm³/mol. The van der Waals surface area contributed by atoms with Crippen LogP contribution in [-0.4, -0.2) is 16.9 Å². The van der Waals surface area contributed by atoms with Gasteiger partial charge in [-0.2, -0.15) is 11.3 Å². The fourth-order valence-corrected chi connectivity index (χ4v) is 4.04. The standard InChI is InChI=1S/C19H18N2O3S2/c1-12-3-2-4-14(9-12)21-19(24)18(23)20-10-15-5-6-16(26-15)17(22)13-7-8-25-11-13/h2-9,11,17,22H,10H2,1H3,(H,20,23)(H,21,24). The molecule has 2 aromatic heterocycles. The number of aliphatic hydroxyl groups is 1. The van der Waals surface area contributed by atoms with Gasteiger partial charge in [0.2, 0.25) is 0 Å². The fourth-order valence-electron chi connectivity index (χ4n) is 2.39. The molecule has 0 aliphatic carbocycles. The number of rotatable bonds is 5. The molecule has 1 unspecified atom stereocenters. The van der Waals surface area contributed by atoms with E-state index in [0.717, 1.165) is 20.9 Å². The van der Waals surface area contributed by atoms with Gasteiger partial charge in [0.05, 0.1) is 6.54 Å². The topological polar surface area (TPSA) is 78.4 Å². The lowest BCUT2D eigenvalue weighted by atomic mass is 10.2. The smallest absolute Gasteiger partial charge is 0.313 e. The van der Waals surface area contributed by atoms with E-state index in [1.54, 1.807) is 12.1 Å². The number of carbonyl (C=O) groups excluding carboxylic acids is 2. The molecule has 1 atom stereocenters. The highest BCUT2D eigenvalue weighted by atomic mass is 32.1. The van der Waals surface area contributed by atoms with E-state index in [2.05, 4.69) is 10.6 Å². The van der Waals surface area contributed by atoms with Crippen molar-refractivity contribution in [3.63, 3.8) is 0 Å². The predicted octanol–water partition coefficient (Wildman–Crippen LogP) is 3.45. The van der Waals surface area contributed by atoms with Gasteiger partial charge in [-0.25, -0.2) is 0 Å². The van der Waals surface area contributed by atoms with Gasteiger partial charge in [-0.05, 0) is 59.1 Å². The van der Waals surface area contributed by atoms with Gasteiger partial charge < -0.3 is 15.7 Å². The summed E-state index contributed by atoms with van der Waals surface area (Å²) in [6, 6.07) is 12.8. The minimum atomic E-state index is -0.703. The first-order valence-corrected chi connectivity index (χ1v) is 9.73. The third-order valence-corrected chi connectivity index (χ3v) is 5.56. The van der Waals surface area contributed by atoms with Crippen LogP contribution in [0, 0.1) is 6.92 Å². The zero-order chi connectivity index (χ0) is 18.5. The van der Waals surface area contributed by atoms with Crippen molar-refractivity contribution < 1.29 is 14.7 Å². The van der Waals surface area contributed by atoms with Crippen molar-refractivity contribution >= 4 is 40.2 Å². The number of hydrogen-bond donors (Lipinski definition) is 3. The molecule has 7 heteroatoms. The first-order chi connectivity index (χ1) is 12.5. The molecule has 0 aliphatic heterocycles. The molecule has 3 rings (SSSR count). The van der Waals surface area contributed by atoms with Gasteiger partial charge in [0.1, 0.15) is 6.10 Å². The minimum Gasteiger partial charge on any atom is -0.383 e. The summed E-state index contributed by atoms with van der Waals surface area (Å²) in [5.74, 6) is -1.40. The lowest BCUT2D eigenvalue weighted by Crippen LogP contribution is -2.34. The van der Waals surface area contributed by atoms with Crippen molar-refractivity contribution in [1.29, 1.82) is 0 Å². The highest BCUT2D eigenvalue weighted by Gasteiger charge is 2.16. The average Bonchev–Trinajstić information content (AvgIpc) is 3.31. The second-order valence-electron chi connectivity index (χ2n) is 5.77. The van der Waals surface area contributed by atoms with Crippen molar-refractivity contribution in [3.8, 4) is 0 Å². The maximum absolute atomic E-state index is 12.0. The zero-order valence-electron chi connectivity index (χ0n) is 14.1. The lowest BCUT2D eigenvalue weighted by Gasteiger charge is -2.07. The van der Waals surface area contributed by atoms with Crippen molar-refractivity contribution in [2.45, 2.75) is 19.6 Å². The Balaban J connectivity index is 1.54. The van der Waals surface area contributed by atoms with Gasteiger partial charge in [0.15, 0.2) is 0 Å². The molecule has 0 saturated heterocycles. The highest BCUT2D eigenvalue weighted by Crippen LogP contribution is 2.29. The summed E-state index contributed by atoms with van der Waals surface area (Å²) in [6.45, 7) is 2.15. The number of hydrogen-bond acceptors (Lipinski definition) is 5. The van der Waals surface area contributed by atoms with Crippen LogP contribution in [0.4, 0.5) is 5.69 Å². The largest absolute Gasteiger partial charge is 0.383 e. The Morgan fingerprint density at radius 3 is 2.73 bits per heavy atom. The number of anilines is 1. The summed E-state index contributed by atoms with van der Waals surface area (Å²) in [4.78, 5) is 25.6. The molecule has 1 aromatic carbocycles. The van der Waals surface area contributed by atoms with Crippen LogP contribution in [0.3, 0.4) is 0 Å². The number of thiophene rings is 2. The Morgan fingerprint density at radius 2 is 2.00 bits per heavy atom. The van der Waals surface area contributed by atoms with Gasteiger partial charge >= 0.3 is 11.8 Å². The monoisotopic (exact) mass is 386 g/mol. The Bertz CT molecular complexity index is 903.